The number of carboxylic acids is 1. The molecule has 2 fully saturated rings. The van der Waals surface area contributed by atoms with Crippen molar-refractivity contribution in [1.82, 2.24) is 14.9 Å². The molecule has 0 bridgehead atoms. The van der Waals surface area contributed by atoms with Crippen LogP contribution in [-0.2, 0) is 9.59 Å². The number of amides is 1. The molecule has 1 aliphatic carbocycles. The summed E-state index contributed by atoms with van der Waals surface area (Å²) in [5.41, 5.74) is 0. The van der Waals surface area contributed by atoms with Crippen LogP contribution >= 0.6 is 0 Å². The van der Waals surface area contributed by atoms with Gasteiger partial charge >= 0.3 is 5.97 Å². The Labute approximate surface area is 122 Å². The van der Waals surface area contributed by atoms with E-state index in [4.69, 9.17) is 0 Å². The fourth-order valence-electron chi connectivity index (χ4n) is 2.62. The Hall–Kier alpha value is -2.18. The highest BCUT2D eigenvalue weighted by Crippen LogP contribution is 2.31. The number of carbonyl (C=O) groups is 2. The molecule has 7 heteroatoms. The van der Waals surface area contributed by atoms with Gasteiger partial charge in [0.15, 0.2) is 0 Å². The van der Waals surface area contributed by atoms with E-state index < -0.39 is 11.9 Å². The third kappa shape index (κ3) is 3.12. The Morgan fingerprint density at radius 2 is 1.95 bits per heavy atom. The summed E-state index contributed by atoms with van der Waals surface area (Å²) in [6.07, 6.45) is 6.65. The van der Waals surface area contributed by atoms with Crippen molar-refractivity contribution in [2.24, 2.45) is 11.8 Å². The molecule has 0 unspecified atom stereocenters. The SMILES string of the molecule is O=C(O)[C@@H]1CN(C(=O)C2CC2)CCN(c2cnccn2)C1. The Morgan fingerprint density at radius 1 is 1.14 bits per heavy atom. The summed E-state index contributed by atoms with van der Waals surface area (Å²) in [5.74, 6) is -0.606. The summed E-state index contributed by atoms with van der Waals surface area (Å²) in [6, 6.07) is 0. The molecule has 1 atom stereocenters. The van der Waals surface area contributed by atoms with Gasteiger partial charge in [0.05, 0.1) is 12.1 Å². The van der Waals surface area contributed by atoms with Crippen LogP contribution in [-0.4, -0.2) is 58.0 Å². The molecule has 112 valence electrons. The molecule has 2 aliphatic rings. The average molecular weight is 290 g/mol. The maximum atomic E-state index is 12.2. The lowest BCUT2D eigenvalue weighted by molar-refractivity contribution is -0.143. The van der Waals surface area contributed by atoms with Crippen molar-refractivity contribution in [2.45, 2.75) is 12.8 Å². The zero-order valence-electron chi connectivity index (χ0n) is 11.7. The maximum Gasteiger partial charge on any atom is 0.310 e. The van der Waals surface area contributed by atoms with Gasteiger partial charge in [-0.15, -0.1) is 0 Å². The lowest BCUT2D eigenvalue weighted by Gasteiger charge is -2.22. The van der Waals surface area contributed by atoms with Gasteiger partial charge in [-0.1, -0.05) is 0 Å². The number of aromatic nitrogens is 2. The number of hydrogen-bond donors (Lipinski definition) is 1. The molecule has 1 amide bonds. The van der Waals surface area contributed by atoms with Gasteiger partial charge in [0.2, 0.25) is 5.91 Å². The van der Waals surface area contributed by atoms with E-state index in [1.165, 1.54) is 0 Å². The molecular weight excluding hydrogens is 272 g/mol. The third-order valence-corrected chi connectivity index (χ3v) is 3.98. The van der Waals surface area contributed by atoms with E-state index in [1.54, 1.807) is 23.5 Å². The number of hydrogen-bond acceptors (Lipinski definition) is 5. The molecular formula is C14H18N4O3. The zero-order chi connectivity index (χ0) is 14.8. The van der Waals surface area contributed by atoms with E-state index in [1.807, 2.05) is 4.90 Å². The molecule has 1 N–H and O–H groups in total. The molecule has 0 radical (unpaired) electrons. The van der Waals surface area contributed by atoms with Crippen molar-refractivity contribution < 1.29 is 14.7 Å². The summed E-state index contributed by atoms with van der Waals surface area (Å²) in [7, 11) is 0. The summed E-state index contributed by atoms with van der Waals surface area (Å²) >= 11 is 0. The minimum absolute atomic E-state index is 0.0993. The molecule has 1 aliphatic heterocycles. The minimum atomic E-state index is -0.876. The first-order chi connectivity index (χ1) is 10.1. The van der Waals surface area contributed by atoms with Crippen LogP contribution in [0.4, 0.5) is 5.82 Å². The molecule has 3 rings (SSSR count). The first kappa shape index (κ1) is 13.8. The number of anilines is 1. The minimum Gasteiger partial charge on any atom is -0.481 e. The van der Waals surface area contributed by atoms with Gasteiger partial charge in [0.25, 0.3) is 0 Å². The van der Waals surface area contributed by atoms with Crippen LogP contribution in [0.5, 0.6) is 0 Å². The van der Waals surface area contributed by atoms with Gasteiger partial charge in [0.1, 0.15) is 5.82 Å². The molecule has 0 aromatic carbocycles. The maximum absolute atomic E-state index is 12.2. The van der Waals surface area contributed by atoms with Gasteiger partial charge in [-0.25, -0.2) is 4.98 Å². The van der Waals surface area contributed by atoms with Crippen molar-refractivity contribution in [3.05, 3.63) is 18.6 Å². The Bertz CT molecular complexity index is 532. The van der Waals surface area contributed by atoms with Crippen LogP contribution in [0.25, 0.3) is 0 Å². The van der Waals surface area contributed by atoms with Crippen LogP contribution in [0, 0.1) is 11.8 Å². The second kappa shape index (κ2) is 5.67. The van der Waals surface area contributed by atoms with Gasteiger partial charge in [-0.3, -0.25) is 14.6 Å². The number of aliphatic carboxylic acids is 1. The van der Waals surface area contributed by atoms with Crippen LogP contribution in [0.1, 0.15) is 12.8 Å². The second-order valence-corrected chi connectivity index (χ2v) is 5.60. The average Bonchev–Trinajstić information content (AvgIpc) is 3.33. The second-order valence-electron chi connectivity index (χ2n) is 5.60. The molecule has 7 nitrogen and oxygen atoms in total. The van der Waals surface area contributed by atoms with Crippen LogP contribution in [0.2, 0.25) is 0 Å². The monoisotopic (exact) mass is 290 g/mol. The Balaban J connectivity index is 1.77. The fraction of sp³-hybridized carbons (Fsp3) is 0.571. The number of rotatable bonds is 3. The number of nitrogens with zero attached hydrogens (tertiary/aromatic N) is 4. The largest absolute Gasteiger partial charge is 0.481 e. The van der Waals surface area contributed by atoms with Crippen molar-refractivity contribution in [3.63, 3.8) is 0 Å². The quantitative estimate of drug-likeness (QED) is 0.858. The highest BCUT2D eigenvalue weighted by atomic mass is 16.4. The number of carboxylic acid groups (broad SMARTS) is 1. The molecule has 21 heavy (non-hydrogen) atoms. The highest BCUT2D eigenvalue weighted by Gasteiger charge is 2.37. The lowest BCUT2D eigenvalue weighted by Crippen LogP contribution is -2.38. The van der Waals surface area contributed by atoms with Crippen molar-refractivity contribution in [3.8, 4) is 0 Å². The molecule has 1 saturated carbocycles. The molecule has 1 aromatic rings. The van der Waals surface area contributed by atoms with Crippen LogP contribution in [0.3, 0.4) is 0 Å². The zero-order valence-corrected chi connectivity index (χ0v) is 11.7. The molecule has 1 saturated heterocycles. The Morgan fingerprint density at radius 3 is 2.57 bits per heavy atom. The summed E-state index contributed by atoms with van der Waals surface area (Å²) < 4.78 is 0. The van der Waals surface area contributed by atoms with Gasteiger partial charge in [-0.2, -0.15) is 0 Å². The van der Waals surface area contributed by atoms with E-state index in [0.29, 0.717) is 25.5 Å². The smallest absolute Gasteiger partial charge is 0.310 e. The van der Waals surface area contributed by atoms with E-state index >= 15 is 0 Å². The first-order valence-electron chi connectivity index (χ1n) is 7.17. The predicted molar refractivity (Wildman–Crippen MR) is 74.7 cm³/mol. The summed E-state index contributed by atoms with van der Waals surface area (Å²) in [5, 5.41) is 9.38. The van der Waals surface area contributed by atoms with Crippen molar-refractivity contribution in [1.29, 1.82) is 0 Å². The van der Waals surface area contributed by atoms with Crippen molar-refractivity contribution in [2.75, 3.05) is 31.1 Å². The highest BCUT2D eigenvalue weighted by molar-refractivity contribution is 5.82. The van der Waals surface area contributed by atoms with E-state index in [2.05, 4.69) is 9.97 Å². The normalized spacial score (nSPS) is 22.8. The molecule has 1 aromatic heterocycles. The van der Waals surface area contributed by atoms with E-state index in [9.17, 15) is 14.7 Å². The van der Waals surface area contributed by atoms with Crippen LogP contribution in [0.15, 0.2) is 18.6 Å². The first-order valence-corrected chi connectivity index (χ1v) is 7.17. The lowest BCUT2D eigenvalue weighted by atomic mass is 10.1. The topological polar surface area (TPSA) is 86.6 Å². The summed E-state index contributed by atoms with van der Waals surface area (Å²) in [6.45, 7) is 1.75. The van der Waals surface area contributed by atoms with Gasteiger partial charge in [0, 0.05) is 44.5 Å². The van der Waals surface area contributed by atoms with E-state index in [-0.39, 0.29) is 18.4 Å². The van der Waals surface area contributed by atoms with Crippen LogP contribution < -0.4 is 4.90 Å². The van der Waals surface area contributed by atoms with E-state index in [0.717, 1.165) is 12.8 Å². The standard InChI is InChI=1S/C14H18N4O3/c19-13(10-1-2-10)18-6-5-17(8-11(9-18)14(20)21)12-7-15-3-4-16-12/h3-4,7,10-11H,1-2,5-6,8-9H2,(H,20,21)/t11-/m0/s1. The summed E-state index contributed by atoms with van der Waals surface area (Å²) in [4.78, 5) is 35.5. The van der Waals surface area contributed by atoms with Crippen molar-refractivity contribution >= 4 is 17.7 Å². The van der Waals surface area contributed by atoms with Gasteiger partial charge < -0.3 is 14.9 Å². The molecule has 2 heterocycles. The molecule has 0 spiro atoms. The Kier molecular flexibility index (Phi) is 3.72. The number of carbonyl (C=O) groups excluding carboxylic acids is 1. The van der Waals surface area contributed by atoms with Gasteiger partial charge in [-0.05, 0) is 12.8 Å². The fourth-order valence-corrected chi connectivity index (χ4v) is 2.62. The third-order valence-electron chi connectivity index (χ3n) is 3.98. The predicted octanol–water partition coefficient (Wildman–Crippen LogP) is 0.236.